The standard InChI is InChI=1S/C30H29FN2O3/c1-19-3-2-4-23(17-19)21-7-5-20(6-8-21)18-33-16-15-25-27(31)14-13-26(28(25)33)29(34)32-24-11-9-22(10-12-24)30(35)36/h2-8,13-17,22,24H,9-12,18H2,1H3,(H,32,34)(H,35,36). The van der Waals surface area contributed by atoms with E-state index in [4.69, 9.17) is 0 Å². The Balaban J connectivity index is 1.37. The molecule has 0 spiro atoms. The second kappa shape index (κ2) is 9.97. The van der Waals surface area contributed by atoms with Crippen LogP contribution < -0.4 is 5.32 Å². The number of hydrogen-bond donors (Lipinski definition) is 2. The van der Waals surface area contributed by atoms with Crippen molar-refractivity contribution in [1.29, 1.82) is 0 Å². The summed E-state index contributed by atoms with van der Waals surface area (Å²) in [4.78, 5) is 24.4. The highest BCUT2D eigenvalue weighted by molar-refractivity contribution is 6.06. The molecule has 4 aromatic rings. The Morgan fingerprint density at radius 3 is 2.42 bits per heavy atom. The van der Waals surface area contributed by atoms with E-state index in [-0.39, 0.29) is 23.7 Å². The maximum absolute atomic E-state index is 14.6. The predicted octanol–water partition coefficient (Wildman–Crippen LogP) is 6.18. The van der Waals surface area contributed by atoms with Crippen LogP contribution in [-0.2, 0) is 11.3 Å². The average Bonchev–Trinajstić information content (AvgIpc) is 3.29. The first-order valence-electron chi connectivity index (χ1n) is 12.4. The van der Waals surface area contributed by atoms with E-state index in [9.17, 15) is 19.1 Å². The molecule has 0 unspecified atom stereocenters. The van der Waals surface area contributed by atoms with Crippen LogP contribution in [0.15, 0.2) is 72.9 Å². The summed E-state index contributed by atoms with van der Waals surface area (Å²) in [6, 6.07) is 21.1. The minimum absolute atomic E-state index is 0.0780. The molecule has 2 N–H and O–H groups in total. The number of benzene rings is 3. The van der Waals surface area contributed by atoms with Crippen LogP contribution in [0.5, 0.6) is 0 Å². The minimum atomic E-state index is -0.773. The van der Waals surface area contributed by atoms with E-state index in [1.165, 1.54) is 17.7 Å². The van der Waals surface area contributed by atoms with Crippen molar-refractivity contribution in [2.75, 3.05) is 0 Å². The maximum Gasteiger partial charge on any atom is 0.306 e. The van der Waals surface area contributed by atoms with E-state index in [0.717, 1.165) is 16.7 Å². The molecule has 1 heterocycles. The number of aromatic nitrogens is 1. The molecular weight excluding hydrogens is 455 g/mol. The van der Waals surface area contributed by atoms with Gasteiger partial charge in [-0.2, -0.15) is 0 Å². The lowest BCUT2D eigenvalue weighted by atomic mass is 9.86. The van der Waals surface area contributed by atoms with Gasteiger partial charge >= 0.3 is 5.97 Å². The average molecular weight is 485 g/mol. The van der Waals surface area contributed by atoms with E-state index >= 15 is 0 Å². The van der Waals surface area contributed by atoms with Crippen molar-refractivity contribution >= 4 is 22.8 Å². The molecule has 1 aromatic heterocycles. The first-order valence-corrected chi connectivity index (χ1v) is 12.4. The van der Waals surface area contributed by atoms with E-state index < -0.39 is 5.97 Å². The van der Waals surface area contributed by atoms with Crippen LogP contribution in [0.25, 0.3) is 22.0 Å². The second-order valence-electron chi connectivity index (χ2n) is 9.73. The smallest absolute Gasteiger partial charge is 0.306 e. The Hall–Kier alpha value is -3.93. The number of aryl methyl sites for hydroxylation is 1. The fourth-order valence-electron chi connectivity index (χ4n) is 5.18. The molecule has 1 aliphatic rings. The monoisotopic (exact) mass is 484 g/mol. The number of hydrogen-bond acceptors (Lipinski definition) is 2. The van der Waals surface area contributed by atoms with Gasteiger partial charge in [0.2, 0.25) is 0 Å². The van der Waals surface area contributed by atoms with Crippen molar-refractivity contribution in [2.45, 2.75) is 45.2 Å². The third-order valence-corrected chi connectivity index (χ3v) is 7.19. The first-order chi connectivity index (χ1) is 17.4. The lowest BCUT2D eigenvalue weighted by Gasteiger charge is -2.27. The molecule has 3 aromatic carbocycles. The van der Waals surface area contributed by atoms with Crippen molar-refractivity contribution < 1.29 is 19.1 Å². The molecule has 0 bridgehead atoms. The Bertz CT molecular complexity index is 1420. The van der Waals surface area contributed by atoms with Crippen LogP contribution in [0.3, 0.4) is 0 Å². The summed E-state index contributed by atoms with van der Waals surface area (Å²) in [7, 11) is 0. The molecule has 1 amide bonds. The van der Waals surface area contributed by atoms with Crippen molar-refractivity contribution in [3.63, 3.8) is 0 Å². The number of fused-ring (bicyclic) bond motifs is 1. The molecule has 36 heavy (non-hydrogen) atoms. The molecule has 5 nitrogen and oxygen atoms in total. The lowest BCUT2D eigenvalue weighted by Crippen LogP contribution is -2.38. The predicted molar refractivity (Wildman–Crippen MR) is 138 cm³/mol. The van der Waals surface area contributed by atoms with Gasteiger partial charge in [0.25, 0.3) is 5.91 Å². The van der Waals surface area contributed by atoms with Crippen LogP contribution in [0.2, 0.25) is 0 Å². The van der Waals surface area contributed by atoms with E-state index in [2.05, 4.69) is 54.7 Å². The normalized spacial score (nSPS) is 17.7. The Morgan fingerprint density at radius 2 is 1.72 bits per heavy atom. The number of halogens is 1. The molecule has 1 saturated carbocycles. The van der Waals surface area contributed by atoms with Crippen molar-refractivity contribution in [2.24, 2.45) is 5.92 Å². The van der Waals surface area contributed by atoms with Gasteiger partial charge in [-0.15, -0.1) is 0 Å². The fourth-order valence-corrected chi connectivity index (χ4v) is 5.18. The summed E-state index contributed by atoms with van der Waals surface area (Å²) >= 11 is 0. The highest BCUT2D eigenvalue weighted by Crippen LogP contribution is 2.28. The third-order valence-electron chi connectivity index (χ3n) is 7.19. The zero-order valence-electron chi connectivity index (χ0n) is 20.2. The highest BCUT2D eigenvalue weighted by Gasteiger charge is 2.27. The number of nitrogens with zero attached hydrogens (tertiary/aromatic N) is 1. The molecule has 0 radical (unpaired) electrons. The number of carbonyl (C=O) groups excluding carboxylic acids is 1. The van der Waals surface area contributed by atoms with Gasteiger partial charge in [-0.1, -0.05) is 54.1 Å². The molecule has 0 saturated heterocycles. The van der Waals surface area contributed by atoms with Crippen molar-refractivity contribution in [3.8, 4) is 11.1 Å². The van der Waals surface area contributed by atoms with Crippen molar-refractivity contribution in [3.05, 3.63) is 95.4 Å². The summed E-state index contributed by atoms with van der Waals surface area (Å²) in [5.74, 6) is -1.74. The third kappa shape index (κ3) is 4.89. The highest BCUT2D eigenvalue weighted by atomic mass is 19.1. The van der Waals surface area contributed by atoms with Gasteiger partial charge < -0.3 is 15.0 Å². The van der Waals surface area contributed by atoms with Gasteiger partial charge in [-0.25, -0.2) is 4.39 Å². The lowest BCUT2D eigenvalue weighted by molar-refractivity contribution is -0.142. The number of aliphatic carboxylic acids is 1. The van der Waals surface area contributed by atoms with Gasteiger partial charge in [-0.05, 0) is 67.5 Å². The number of carbonyl (C=O) groups is 2. The maximum atomic E-state index is 14.6. The van der Waals surface area contributed by atoms with Crippen molar-refractivity contribution in [1.82, 2.24) is 9.88 Å². The first kappa shape index (κ1) is 23.8. The molecule has 5 rings (SSSR count). The number of rotatable bonds is 6. The number of carboxylic acids is 1. The SMILES string of the molecule is Cc1cccc(-c2ccc(Cn3ccc4c(F)ccc(C(=O)NC5CCC(C(=O)O)CC5)c43)cc2)c1. The quantitative estimate of drug-likeness (QED) is 0.343. The van der Waals surface area contributed by atoms with Crippen LogP contribution in [0.1, 0.15) is 47.2 Å². The topological polar surface area (TPSA) is 71.3 Å². The van der Waals surface area contributed by atoms with Gasteiger partial charge in [0, 0.05) is 24.2 Å². The zero-order valence-corrected chi connectivity index (χ0v) is 20.2. The van der Waals surface area contributed by atoms with Crippen LogP contribution in [0, 0.1) is 18.7 Å². The molecule has 1 aliphatic carbocycles. The van der Waals surface area contributed by atoms with Gasteiger partial charge in [0.1, 0.15) is 5.82 Å². The largest absolute Gasteiger partial charge is 0.481 e. The Morgan fingerprint density at radius 1 is 0.972 bits per heavy atom. The number of nitrogens with one attached hydrogen (secondary N) is 1. The molecule has 184 valence electrons. The number of carboxylic acid groups (broad SMARTS) is 1. The summed E-state index contributed by atoms with van der Waals surface area (Å²) in [5.41, 5.74) is 5.53. The van der Waals surface area contributed by atoms with Gasteiger partial charge in [0.05, 0.1) is 17.0 Å². The van der Waals surface area contributed by atoms with E-state index in [1.54, 1.807) is 6.07 Å². The second-order valence-corrected chi connectivity index (χ2v) is 9.73. The van der Waals surface area contributed by atoms with Gasteiger partial charge in [0.15, 0.2) is 0 Å². The Kier molecular flexibility index (Phi) is 6.59. The van der Waals surface area contributed by atoms with Crippen LogP contribution >= 0.6 is 0 Å². The van der Waals surface area contributed by atoms with E-state index in [0.29, 0.717) is 48.7 Å². The summed E-state index contributed by atoms with van der Waals surface area (Å²) in [6.07, 6.45) is 4.17. The summed E-state index contributed by atoms with van der Waals surface area (Å²) in [5, 5.41) is 12.7. The molecule has 0 aliphatic heterocycles. The summed E-state index contributed by atoms with van der Waals surface area (Å²) in [6.45, 7) is 2.58. The molecule has 0 atom stereocenters. The zero-order chi connectivity index (χ0) is 25.2. The summed E-state index contributed by atoms with van der Waals surface area (Å²) < 4.78 is 16.5. The molecule has 1 fully saturated rings. The molecule has 6 heteroatoms. The van der Waals surface area contributed by atoms with Crippen LogP contribution in [0.4, 0.5) is 4.39 Å². The van der Waals surface area contributed by atoms with Crippen LogP contribution in [-0.4, -0.2) is 27.6 Å². The minimum Gasteiger partial charge on any atom is -0.481 e. The van der Waals surface area contributed by atoms with Gasteiger partial charge in [-0.3, -0.25) is 9.59 Å². The Labute approximate surface area is 209 Å². The fraction of sp³-hybridized carbons (Fsp3) is 0.267. The number of amides is 1. The van der Waals surface area contributed by atoms with E-state index in [1.807, 2.05) is 16.8 Å². The molecular formula is C30H29FN2O3.